The maximum atomic E-state index is 12.0. The van der Waals surface area contributed by atoms with Gasteiger partial charge in [-0.15, -0.1) is 0 Å². The fraction of sp³-hybridized carbons (Fsp3) is 0.840. The van der Waals surface area contributed by atoms with E-state index in [4.69, 9.17) is 9.47 Å². The Balaban J connectivity index is 1.51. The summed E-state index contributed by atoms with van der Waals surface area (Å²) >= 11 is 0. The molecule has 0 aromatic heterocycles. The second-order valence-electron chi connectivity index (χ2n) is 10.4. The first kappa shape index (κ1) is 20.9. The maximum absolute atomic E-state index is 12.0. The van der Waals surface area contributed by atoms with Crippen molar-refractivity contribution in [3.8, 4) is 0 Å². The van der Waals surface area contributed by atoms with Gasteiger partial charge in [0.15, 0.2) is 0 Å². The predicted octanol–water partition coefficient (Wildman–Crippen LogP) is 5.59. The van der Waals surface area contributed by atoms with Gasteiger partial charge in [0.1, 0.15) is 12.2 Å². The normalized spacial score (nSPS) is 43.4. The zero-order chi connectivity index (χ0) is 20.8. The summed E-state index contributed by atoms with van der Waals surface area (Å²) in [6.07, 6.45) is 12.4. The number of hydrogen-bond donors (Lipinski definition) is 0. The lowest BCUT2D eigenvalue weighted by molar-refractivity contribution is -0.159. The molecule has 4 nitrogen and oxygen atoms in total. The molecule has 0 radical (unpaired) electrons. The van der Waals surface area contributed by atoms with Crippen molar-refractivity contribution < 1.29 is 19.1 Å². The smallest absolute Gasteiger partial charge is 0.305 e. The van der Waals surface area contributed by atoms with E-state index in [-0.39, 0.29) is 35.0 Å². The van der Waals surface area contributed by atoms with Gasteiger partial charge in [-0.3, -0.25) is 9.59 Å². The van der Waals surface area contributed by atoms with Crippen molar-refractivity contribution in [3.05, 3.63) is 11.6 Å². The van der Waals surface area contributed by atoms with Crippen LogP contribution in [0.15, 0.2) is 11.6 Å². The maximum Gasteiger partial charge on any atom is 0.305 e. The minimum atomic E-state index is -0.0695. The Hall–Kier alpha value is -1.32. The fourth-order valence-corrected chi connectivity index (χ4v) is 7.38. The average molecular weight is 403 g/mol. The molecule has 29 heavy (non-hydrogen) atoms. The highest BCUT2D eigenvalue weighted by Crippen LogP contribution is 2.65. The Morgan fingerprint density at radius 1 is 0.966 bits per heavy atom. The Kier molecular flexibility index (Phi) is 5.59. The van der Waals surface area contributed by atoms with E-state index in [9.17, 15) is 9.59 Å². The molecular weight excluding hydrogens is 364 g/mol. The standard InChI is InChI=1S/C25H38O4/c1-5-22(26)28-17-11-13-24(3)16(15-17)7-8-18-19-9-10-21(29-23(27)6-2)25(19,4)14-12-20(18)24/h7,17-21H,5-6,8-15H2,1-4H3/t17-,18-,19-,20-,21-,24-,25+/m0/s1. The first-order valence-corrected chi connectivity index (χ1v) is 11.9. The van der Waals surface area contributed by atoms with Crippen molar-refractivity contribution >= 4 is 11.9 Å². The summed E-state index contributed by atoms with van der Waals surface area (Å²) in [5.41, 5.74) is 1.92. The van der Waals surface area contributed by atoms with Gasteiger partial charge in [-0.25, -0.2) is 0 Å². The number of fused-ring (bicyclic) bond motifs is 5. The topological polar surface area (TPSA) is 52.6 Å². The molecule has 0 heterocycles. The third-order valence-electron chi connectivity index (χ3n) is 9.12. The quantitative estimate of drug-likeness (QED) is 0.454. The minimum absolute atomic E-state index is 0.0447. The lowest BCUT2D eigenvalue weighted by atomic mass is 9.48. The Labute approximate surface area is 175 Å². The molecule has 0 aliphatic heterocycles. The molecule has 4 rings (SSSR count). The van der Waals surface area contributed by atoms with Crippen LogP contribution in [0.2, 0.25) is 0 Å². The zero-order valence-corrected chi connectivity index (χ0v) is 18.7. The van der Waals surface area contributed by atoms with Crippen LogP contribution in [0.5, 0.6) is 0 Å². The summed E-state index contributed by atoms with van der Waals surface area (Å²) in [6, 6.07) is 0. The van der Waals surface area contributed by atoms with Crippen LogP contribution >= 0.6 is 0 Å². The Bertz CT molecular complexity index is 697. The zero-order valence-electron chi connectivity index (χ0n) is 18.7. The van der Waals surface area contributed by atoms with Gasteiger partial charge in [-0.05, 0) is 68.1 Å². The number of ether oxygens (including phenoxy) is 2. The third kappa shape index (κ3) is 3.45. The average Bonchev–Trinajstić information content (AvgIpc) is 3.04. The molecule has 0 bridgehead atoms. The van der Waals surface area contributed by atoms with Gasteiger partial charge < -0.3 is 9.47 Å². The number of carbonyl (C=O) groups is 2. The minimum Gasteiger partial charge on any atom is -0.462 e. The highest BCUT2D eigenvalue weighted by Gasteiger charge is 2.59. The van der Waals surface area contributed by atoms with Gasteiger partial charge in [0.05, 0.1) is 0 Å². The van der Waals surface area contributed by atoms with Crippen LogP contribution in [-0.4, -0.2) is 24.1 Å². The van der Waals surface area contributed by atoms with Crippen LogP contribution < -0.4 is 0 Å². The molecule has 0 spiro atoms. The lowest BCUT2D eigenvalue weighted by Gasteiger charge is -2.57. The van der Waals surface area contributed by atoms with Crippen LogP contribution in [0.3, 0.4) is 0 Å². The lowest BCUT2D eigenvalue weighted by Crippen LogP contribution is -2.51. The van der Waals surface area contributed by atoms with Crippen LogP contribution in [0.25, 0.3) is 0 Å². The van der Waals surface area contributed by atoms with E-state index >= 15 is 0 Å². The molecule has 162 valence electrons. The number of esters is 2. The van der Waals surface area contributed by atoms with E-state index in [0.29, 0.717) is 30.6 Å². The molecule has 4 heteroatoms. The Morgan fingerprint density at radius 3 is 2.41 bits per heavy atom. The second kappa shape index (κ2) is 7.74. The molecule has 0 amide bonds. The van der Waals surface area contributed by atoms with Gasteiger partial charge in [0, 0.05) is 24.7 Å². The fourth-order valence-electron chi connectivity index (χ4n) is 7.38. The highest BCUT2D eigenvalue weighted by molar-refractivity contribution is 5.69. The van der Waals surface area contributed by atoms with Crippen molar-refractivity contribution in [1.29, 1.82) is 0 Å². The van der Waals surface area contributed by atoms with E-state index in [1.54, 1.807) is 0 Å². The molecule has 7 atom stereocenters. The number of carbonyl (C=O) groups excluding carboxylic acids is 2. The van der Waals surface area contributed by atoms with Gasteiger partial charge in [-0.1, -0.05) is 39.3 Å². The Morgan fingerprint density at radius 2 is 1.69 bits per heavy atom. The molecule has 0 aromatic carbocycles. The van der Waals surface area contributed by atoms with Crippen LogP contribution in [0.1, 0.15) is 91.9 Å². The number of rotatable bonds is 4. The first-order chi connectivity index (χ1) is 13.8. The molecule has 0 unspecified atom stereocenters. The van der Waals surface area contributed by atoms with Crippen molar-refractivity contribution in [2.45, 2.75) is 104 Å². The van der Waals surface area contributed by atoms with E-state index in [1.165, 1.54) is 18.4 Å². The van der Waals surface area contributed by atoms with E-state index in [2.05, 4.69) is 19.9 Å². The molecule has 0 saturated heterocycles. The van der Waals surface area contributed by atoms with Gasteiger partial charge in [-0.2, -0.15) is 0 Å². The van der Waals surface area contributed by atoms with Gasteiger partial charge >= 0.3 is 11.9 Å². The number of allylic oxidation sites excluding steroid dienone is 1. The third-order valence-corrected chi connectivity index (χ3v) is 9.12. The van der Waals surface area contributed by atoms with E-state index in [1.807, 2.05) is 13.8 Å². The SMILES string of the molecule is CCC(=O)O[C@H]1CC[C@@]2(C)C(=CC[C@H]3[C@@H]4CC[C@H](OC(=O)CC)[C@]4(C)CC[C@@H]32)C1. The van der Waals surface area contributed by atoms with Crippen molar-refractivity contribution in [2.24, 2.45) is 28.6 Å². The molecule has 0 aromatic rings. The van der Waals surface area contributed by atoms with Crippen molar-refractivity contribution in [2.75, 3.05) is 0 Å². The summed E-state index contributed by atoms with van der Waals surface area (Å²) < 4.78 is 11.6. The van der Waals surface area contributed by atoms with Gasteiger partial charge in [0.25, 0.3) is 0 Å². The molecule has 3 saturated carbocycles. The van der Waals surface area contributed by atoms with Crippen LogP contribution in [0.4, 0.5) is 0 Å². The summed E-state index contributed by atoms with van der Waals surface area (Å²) in [7, 11) is 0. The largest absolute Gasteiger partial charge is 0.462 e. The summed E-state index contributed by atoms with van der Waals surface area (Å²) in [4.78, 5) is 23.7. The van der Waals surface area contributed by atoms with Crippen LogP contribution in [0, 0.1) is 28.6 Å². The number of hydrogen-bond acceptors (Lipinski definition) is 4. The molecule has 4 aliphatic rings. The molecule has 4 aliphatic carbocycles. The summed E-state index contributed by atoms with van der Waals surface area (Å²) in [6.45, 7) is 8.61. The second-order valence-corrected chi connectivity index (χ2v) is 10.4. The van der Waals surface area contributed by atoms with Crippen molar-refractivity contribution in [3.63, 3.8) is 0 Å². The van der Waals surface area contributed by atoms with E-state index < -0.39 is 0 Å². The first-order valence-electron chi connectivity index (χ1n) is 11.9. The van der Waals surface area contributed by atoms with Gasteiger partial charge in [0.2, 0.25) is 0 Å². The molecule has 0 N–H and O–H groups in total. The summed E-state index contributed by atoms with van der Waals surface area (Å²) in [5.74, 6) is 1.95. The predicted molar refractivity (Wildman–Crippen MR) is 112 cm³/mol. The van der Waals surface area contributed by atoms with E-state index in [0.717, 1.165) is 38.5 Å². The monoisotopic (exact) mass is 402 g/mol. The van der Waals surface area contributed by atoms with Crippen LogP contribution in [-0.2, 0) is 19.1 Å². The van der Waals surface area contributed by atoms with Crippen molar-refractivity contribution in [1.82, 2.24) is 0 Å². The molecular formula is C25H38O4. The molecule has 3 fully saturated rings. The highest BCUT2D eigenvalue weighted by atomic mass is 16.5. The summed E-state index contributed by atoms with van der Waals surface area (Å²) in [5, 5.41) is 0.